The van der Waals surface area contributed by atoms with Gasteiger partial charge in [-0.15, -0.1) is 0 Å². The van der Waals surface area contributed by atoms with Crippen LogP contribution in [0.3, 0.4) is 0 Å². The van der Waals surface area contributed by atoms with Crippen molar-refractivity contribution in [3.8, 4) is 0 Å². The minimum Gasteiger partial charge on any atom is -0.480 e. The molecule has 1 rings (SSSR count). The molecule has 0 saturated heterocycles. The number of carbonyl (C=O) groups is 1. The Hall–Kier alpha value is -1.13. The van der Waals surface area contributed by atoms with Crippen molar-refractivity contribution in [2.75, 3.05) is 6.54 Å². The number of likely N-dealkylation sites (N-methyl/N-ethyl adjacent to an activating group) is 1. The van der Waals surface area contributed by atoms with E-state index in [4.69, 9.17) is 11.6 Å². The van der Waals surface area contributed by atoms with Gasteiger partial charge < -0.3 is 5.11 Å². The van der Waals surface area contributed by atoms with Gasteiger partial charge in [-0.2, -0.15) is 0 Å². The molecule has 18 heavy (non-hydrogen) atoms. The predicted octanol–water partition coefficient (Wildman–Crippen LogP) is 3.16. The van der Waals surface area contributed by atoms with Gasteiger partial charge in [0.15, 0.2) is 0 Å². The highest BCUT2D eigenvalue weighted by molar-refractivity contribution is 6.31. The Morgan fingerprint density at radius 3 is 2.56 bits per heavy atom. The monoisotopic (exact) mass is 273 g/mol. The summed E-state index contributed by atoms with van der Waals surface area (Å²) in [5, 5.41) is 9.51. The second kappa shape index (κ2) is 5.67. The van der Waals surface area contributed by atoms with Gasteiger partial charge in [-0.25, -0.2) is 4.39 Å². The Labute approximate surface area is 111 Å². The number of benzene rings is 1. The maximum atomic E-state index is 13.7. The number of nitrogens with zero attached hydrogens (tertiary/aromatic N) is 1. The Balaban J connectivity index is 3.04. The van der Waals surface area contributed by atoms with E-state index in [-0.39, 0.29) is 6.54 Å². The van der Waals surface area contributed by atoms with E-state index in [1.165, 1.54) is 12.1 Å². The lowest BCUT2D eigenvalue weighted by Crippen LogP contribution is -2.49. The van der Waals surface area contributed by atoms with Gasteiger partial charge in [0.1, 0.15) is 11.4 Å². The van der Waals surface area contributed by atoms with Crippen LogP contribution in [0.2, 0.25) is 5.02 Å². The summed E-state index contributed by atoms with van der Waals surface area (Å²) in [6.07, 6.45) is 0. The molecule has 0 bridgehead atoms. The lowest BCUT2D eigenvalue weighted by atomic mass is 10.0. The molecule has 0 radical (unpaired) electrons. The van der Waals surface area contributed by atoms with Crippen molar-refractivity contribution in [1.29, 1.82) is 0 Å². The van der Waals surface area contributed by atoms with Gasteiger partial charge in [0.05, 0.1) is 0 Å². The summed E-state index contributed by atoms with van der Waals surface area (Å²) in [5.74, 6) is -1.36. The van der Waals surface area contributed by atoms with Gasteiger partial charge >= 0.3 is 5.97 Å². The maximum Gasteiger partial charge on any atom is 0.323 e. The number of carboxylic acids is 1. The van der Waals surface area contributed by atoms with Crippen molar-refractivity contribution >= 4 is 17.6 Å². The molecule has 0 spiro atoms. The van der Waals surface area contributed by atoms with Crippen LogP contribution < -0.4 is 0 Å². The fraction of sp³-hybridized carbons (Fsp3) is 0.462. The first-order chi connectivity index (χ1) is 8.30. The van der Waals surface area contributed by atoms with Gasteiger partial charge in [-0.1, -0.05) is 24.6 Å². The third-order valence-corrected chi connectivity index (χ3v) is 3.46. The van der Waals surface area contributed by atoms with Crippen LogP contribution >= 0.6 is 11.6 Å². The Kier molecular flexibility index (Phi) is 4.71. The lowest BCUT2D eigenvalue weighted by molar-refractivity contribution is -0.149. The topological polar surface area (TPSA) is 40.5 Å². The van der Waals surface area contributed by atoms with E-state index in [2.05, 4.69) is 0 Å². The second-order valence-electron chi connectivity index (χ2n) is 4.58. The third-order valence-electron chi connectivity index (χ3n) is 3.11. The molecule has 0 aliphatic carbocycles. The Morgan fingerprint density at radius 1 is 1.50 bits per heavy atom. The molecule has 3 nitrogen and oxygen atoms in total. The van der Waals surface area contributed by atoms with Crippen LogP contribution in [-0.2, 0) is 11.3 Å². The molecule has 0 unspecified atom stereocenters. The molecule has 0 saturated carbocycles. The zero-order valence-electron chi connectivity index (χ0n) is 10.7. The molecule has 0 heterocycles. The summed E-state index contributed by atoms with van der Waals surface area (Å²) >= 11 is 5.95. The van der Waals surface area contributed by atoms with Crippen LogP contribution in [0, 0.1) is 5.82 Å². The van der Waals surface area contributed by atoms with Crippen LogP contribution in [-0.4, -0.2) is 28.1 Å². The van der Waals surface area contributed by atoms with Crippen LogP contribution in [0.5, 0.6) is 0 Å². The molecule has 0 aliphatic heterocycles. The zero-order valence-corrected chi connectivity index (χ0v) is 11.5. The minimum absolute atomic E-state index is 0.168. The van der Waals surface area contributed by atoms with Crippen LogP contribution in [0.1, 0.15) is 26.3 Å². The maximum absolute atomic E-state index is 13.7. The van der Waals surface area contributed by atoms with E-state index < -0.39 is 17.3 Å². The number of halogens is 2. The third kappa shape index (κ3) is 3.00. The highest BCUT2D eigenvalue weighted by Crippen LogP contribution is 2.24. The molecule has 0 amide bonds. The van der Waals surface area contributed by atoms with Crippen molar-refractivity contribution in [3.05, 3.63) is 34.6 Å². The van der Waals surface area contributed by atoms with Crippen molar-refractivity contribution < 1.29 is 14.3 Å². The fourth-order valence-corrected chi connectivity index (χ4v) is 1.94. The smallest absolute Gasteiger partial charge is 0.323 e. The Morgan fingerprint density at radius 2 is 2.11 bits per heavy atom. The molecule has 1 N–H and O–H groups in total. The molecular formula is C13H17ClFNO2. The van der Waals surface area contributed by atoms with Crippen molar-refractivity contribution in [3.63, 3.8) is 0 Å². The molecule has 1 aromatic carbocycles. The summed E-state index contributed by atoms with van der Waals surface area (Å²) in [5.41, 5.74) is -0.740. The van der Waals surface area contributed by atoms with E-state index in [1.807, 2.05) is 6.92 Å². The van der Waals surface area contributed by atoms with Gasteiger partial charge in [-0.05, 0) is 32.5 Å². The molecule has 5 heteroatoms. The SMILES string of the molecule is CCN(Cc1c(F)cccc1Cl)C(C)(C)C(=O)O. The molecule has 100 valence electrons. The van der Waals surface area contributed by atoms with E-state index in [9.17, 15) is 14.3 Å². The standard InChI is InChI=1S/C13H17ClFNO2/c1-4-16(13(2,3)12(17)18)8-9-10(14)6-5-7-11(9)15/h5-7H,4,8H2,1-3H3,(H,17,18). The molecule has 0 aromatic heterocycles. The van der Waals surface area contributed by atoms with Gasteiger partial charge in [-0.3, -0.25) is 9.69 Å². The number of aliphatic carboxylic acids is 1. The average molecular weight is 274 g/mol. The predicted molar refractivity (Wildman–Crippen MR) is 69.2 cm³/mol. The molecule has 1 aromatic rings. The highest BCUT2D eigenvalue weighted by Gasteiger charge is 2.34. The van der Waals surface area contributed by atoms with Crippen molar-refractivity contribution in [2.45, 2.75) is 32.9 Å². The average Bonchev–Trinajstić information content (AvgIpc) is 2.28. The number of rotatable bonds is 5. The summed E-state index contributed by atoms with van der Waals surface area (Å²) in [6, 6.07) is 4.45. The van der Waals surface area contributed by atoms with Gasteiger partial charge in [0, 0.05) is 17.1 Å². The quantitative estimate of drug-likeness (QED) is 0.896. The number of hydrogen-bond acceptors (Lipinski definition) is 2. The normalized spacial score (nSPS) is 11.9. The van der Waals surface area contributed by atoms with Gasteiger partial charge in [0.2, 0.25) is 0 Å². The molecule has 0 fully saturated rings. The lowest BCUT2D eigenvalue weighted by Gasteiger charge is -2.34. The summed E-state index contributed by atoms with van der Waals surface area (Å²) in [4.78, 5) is 12.9. The highest BCUT2D eigenvalue weighted by atomic mass is 35.5. The van der Waals surface area contributed by atoms with Crippen molar-refractivity contribution in [2.24, 2.45) is 0 Å². The fourth-order valence-electron chi connectivity index (χ4n) is 1.71. The Bertz CT molecular complexity index is 428. The summed E-state index contributed by atoms with van der Waals surface area (Å²) < 4.78 is 13.7. The van der Waals surface area contributed by atoms with Crippen LogP contribution in [0.4, 0.5) is 4.39 Å². The first kappa shape index (κ1) is 14.9. The first-order valence-electron chi connectivity index (χ1n) is 5.72. The van der Waals surface area contributed by atoms with E-state index in [1.54, 1.807) is 24.8 Å². The molecule has 0 atom stereocenters. The number of carboxylic acid groups (broad SMARTS) is 1. The summed E-state index contributed by atoms with van der Waals surface area (Å²) in [7, 11) is 0. The van der Waals surface area contributed by atoms with Crippen LogP contribution in [0.25, 0.3) is 0 Å². The number of hydrogen-bond donors (Lipinski definition) is 1. The van der Waals surface area contributed by atoms with E-state index in [0.29, 0.717) is 17.1 Å². The first-order valence-corrected chi connectivity index (χ1v) is 6.09. The van der Waals surface area contributed by atoms with Crippen molar-refractivity contribution in [1.82, 2.24) is 4.90 Å². The minimum atomic E-state index is -1.07. The second-order valence-corrected chi connectivity index (χ2v) is 4.99. The van der Waals surface area contributed by atoms with Gasteiger partial charge in [0.25, 0.3) is 0 Å². The zero-order chi connectivity index (χ0) is 13.9. The van der Waals surface area contributed by atoms with Crippen LogP contribution in [0.15, 0.2) is 18.2 Å². The van der Waals surface area contributed by atoms with E-state index in [0.717, 1.165) is 0 Å². The summed E-state index contributed by atoms with van der Waals surface area (Å²) in [6.45, 7) is 5.67. The largest absolute Gasteiger partial charge is 0.480 e. The molecular weight excluding hydrogens is 257 g/mol. The van der Waals surface area contributed by atoms with E-state index >= 15 is 0 Å². The molecule has 0 aliphatic rings.